The van der Waals surface area contributed by atoms with Crippen molar-refractivity contribution in [2.24, 2.45) is 16.7 Å². The number of amides is 3. The molecule has 13 heteroatoms. The SMILES string of the molecule is NN=Cc1ccc(NC(=O)N2CCCC2C(=O)[C@@H](C(=O)O)N(C(=O)[C@@H](N)CC(=O)O)c2ccccc2)cc1. The molecule has 0 aromatic heterocycles. The molecule has 13 nitrogen and oxygen atoms in total. The normalized spacial score (nSPS) is 16.6. The molecule has 3 atom stereocenters. The molecule has 2 aromatic rings. The lowest BCUT2D eigenvalue weighted by molar-refractivity contribution is -0.145. The van der Waals surface area contributed by atoms with Crippen LogP contribution in [0, 0.1) is 0 Å². The van der Waals surface area contributed by atoms with Gasteiger partial charge in [-0.05, 0) is 42.7 Å². The molecule has 7 N–H and O–H groups in total. The van der Waals surface area contributed by atoms with E-state index in [1.54, 1.807) is 30.3 Å². The maximum atomic E-state index is 13.7. The lowest BCUT2D eigenvalue weighted by atomic mass is 9.99. The van der Waals surface area contributed by atoms with Crippen LogP contribution in [0.5, 0.6) is 0 Å². The molecule has 1 fully saturated rings. The van der Waals surface area contributed by atoms with Crippen LogP contribution in [0.2, 0.25) is 0 Å². The van der Waals surface area contributed by atoms with Crippen molar-refractivity contribution in [2.75, 3.05) is 16.8 Å². The van der Waals surface area contributed by atoms with Crippen LogP contribution in [0.4, 0.5) is 16.2 Å². The van der Waals surface area contributed by atoms with Crippen molar-refractivity contribution in [3.8, 4) is 0 Å². The topological polar surface area (TPSA) is 209 Å². The Hall–Kier alpha value is -4.78. The number of urea groups is 1. The number of hydrazone groups is 1. The lowest BCUT2D eigenvalue weighted by Gasteiger charge is -2.33. The van der Waals surface area contributed by atoms with Crippen molar-refractivity contribution in [1.82, 2.24) is 4.90 Å². The van der Waals surface area contributed by atoms with Gasteiger partial charge in [-0.2, -0.15) is 5.10 Å². The summed E-state index contributed by atoms with van der Waals surface area (Å²) in [6.45, 7) is 0.185. The first-order valence-corrected chi connectivity index (χ1v) is 11.7. The standard InChI is InChI=1S/C25H28N6O7/c26-18(13-20(32)33)23(35)31(17-5-2-1-3-6-17)21(24(36)37)22(34)19-7-4-12-30(19)25(38)29-16-10-8-15(9-11-16)14-28-27/h1-3,5-6,8-11,14,18-19,21H,4,7,12-13,26-27H2,(H,29,38)(H,32,33)(H,36,37)/t18-,19?,21-/m0/s1. The third-order valence-corrected chi connectivity index (χ3v) is 5.97. The van der Waals surface area contributed by atoms with Crippen molar-refractivity contribution in [3.63, 3.8) is 0 Å². The van der Waals surface area contributed by atoms with Crippen LogP contribution in [0.25, 0.3) is 0 Å². The molecule has 200 valence electrons. The van der Waals surface area contributed by atoms with E-state index in [0.29, 0.717) is 22.6 Å². The summed E-state index contributed by atoms with van der Waals surface area (Å²) in [5, 5.41) is 25.2. The number of anilines is 2. The number of nitrogens with two attached hydrogens (primary N) is 2. The van der Waals surface area contributed by atoms with Gasteiger partial charge in [0.1, 0.15) is 0 Å². The number of ketones is 1. The molecular weight excluding hydrogens is 496 g/mol. The van der Waals surface area contributed by atoms with E-state index in [1.807, 2.05) is 0 Å². The Balaban J connectivity index is 1.89. The summed E-state index contributed by atoms with van der Waals surface area (Å²) in [6, 6.07) is 8.66. The number of carboxylic acids is 2. The van der Waals surface area contributed by atoms with E-state index >= 15 is 0 Å². The summed E-state index contributed by atoms with van der Waals surface area (Å²) in [4.78, 5) is 65.3. The van der Waals surface area contributed by atoms with E-state index in [9.17, 15) is 29.1 Å². The zero-order valence-corrected chi connectivity index (χ0v) is 20.3. The molecule has 3 amide bonds. The summed E-state index contributed by atoms with van der Waals surface area (Å²) < 4.78 is 0. The first-order valence-electron chi connectivity index (χ1n) is 11.7. The van der Waals surface area contributed by atoms with Crippen molar-refractivity contribution in [2.45, 2.75) is 37.4 Å². The molecular formula is C25H28N6O7. The van der Waals surface area contributed by atoms with Gasteiger partial charge in [-0.15, -0.1) is 0 Å². The Labute approximate surface area is 217 Å². The van der Waals surface area contributed by atoms with Crippen LogP contribution in [0.3, 0.4) is 0 Å². The zero-order valence-electron chi connectivity index (χ0n) is 20.3. The van der Waals surface area contributed by atoms with Gasteiger partial charge in [0.15, 0.2) is 11.8 Å². The van der Waals surface area contributed by atoms with Crippen molar-refractivity contribution >= 4 is 47.2 Å². The zero-order chi connectivity index (χ0) is 27.8. The van der Waals surface area contributed by atoms with Gasteiger partial charge in [0.25, 0.3) is 0 Å². The summed E-state index contributed by atoms with van der Waals surface area (Å²) in [5.74, 6) is 0.176. The number of aliphatic carboxylic acids is 2. The van der Waals surface area contributed by atoms with Crippen molar-refractivity contribution in [3.05, 3.63) is 60.2 Å². The van der Waals surface area contributed by atoms with Gasteiger partial charge in [-0.25, -0.2) is 9.59 Å². The molecule has 1 aliphatic rings. The van der Waals surface area contributed by atoms with Crippen LogP contribution in [0.15, 0.2) is 59.7 Å². The highest BCUT2D eigenvalue weighted by Crippen LogP contribution is 2.26. The van der Waals surface area contributed by atoms with Crippen LogP contribution < -0.4 is 21.8 Å². The number of rotatable bonds is 10. The Morgan fingerprint density at radius 2 is 1.74 bits per heavy atom. The van der Waals surface area contributed by atoms with Gasteiger partial charge in [-0.1, -0.05) is 30.3 Å². The third-order valence-electron chi connectivity index (χ3n) is 5.97. The van der Waals surface area contributed by atoms with E-state index in [-0.39, 0.29) is 18.7 Å². The number of carbonyl (C=O) groups is 5. The summed E-state index contributed by atoms with van der Waals surface area (Å²) >= 11 is 0. The second kappa shape index (κ2) is 12.5. The quantitative estimate of drug-likeness (QED) is 0.129. The molecule has 0 bridgehead atoms. The van der Waals surface area contributed by atoms with Gasteiger partial charge in [0.2, 0.25) is 5.91 Å². The lowest BCUT2D eigenvalue weighted by Crippen LogP contribution is -2.59. The maximum absolute atomic E-state index is 13.7. The Morgan fingerprint density at radius 3 is 2.32 bits per heavy atom. The number of carboxylic acid groups (broad SMARTS) is 2. The number of Topliss-reactive ketones (excluding diaryl/α,β-unsaturated/α-hetero) is 1. The Bertz CT molecular complexity index is 1220. The second-order valence-electron chi connectivity index (χ2n) is 8.57. The number of benzene rings is 2. The molecule has 0 spiro atoms. The maximum Gasteiger partial charge on any atom is 0.334 e. The molecule has 1 heterocycles. The first kappa shape index (κ1) is 27.8. The fraction of sp³-hybridized carbons (Fsp3) is 0.280. The highest BCUT2D eigenvalue weighted by atomic mass is 16.4. The molecule has 38 heavy (non-hydrogen) atoms. The Morgan fingerprint density at radius 1 is 1.08 bits per heavy atom. The Kier molecular flexibility index (Phi) is 9.11. The first-order chi connectivity index (χ1) is 18.1. The number of para-hydroxylation sites is 1. The molecule has 1 unspecified atom stereocenters. The van der Waals surface area contributed by atoms with Gasteiger partial charge < -0.3 is 32.0 Å². The predicted octanol–water partition coefficient (Wildman–Crippen LogP) is 0.833. The minimum Gasteiger partial charge on any atom is -0.481 e. The van der Waals surface area contributed by atoms with Crippen LogP contribution in [-0.2, 0) is 19.2 Å². The van der Waals surface area contributed by atoms with Crippen molar-refractivity contribution in [1.29, 1.82) is 0 Å². The number of hydrogen-bond donors (Lipinski definition) is 5. The van der Waals surface area contributed by atoms with Crippen molar-refractivity contribution < 1.29 is 34.2 Å². The number of likely N-dealkylation sites (tertiary alicyclic amines) is 1. The van der Waals surface area contributed by atoms with E-state index in [4.69, 9.17) is 16.7 Å². The highest BCUT2D eigenvalue weighted by molar-refractivity contribution is 6.16. The predicted molar refractivity (Wildman–Crippen MR) is 138 cm³/mol. The molecule has 3 rings (SSSR count). The van der Waals surface area contributed by atoms with Gasteiger partial charge >= 0.3 is 18.0 Å². The average molecular weight is 525 g/mol. The average Bonchev–Trinajstić information content (AvgIpc) is 3.38. The molecule has 0 saturated carbocycles. The minimum absolute atomic E-state index is 0.0502. The summed E-state index contributed by atoms with van der Waals surface area (Å²) in [7, 11) is 0. The van der Waals surface area contributed by atoms with Gasteiger partial charge in [0.05, 0.1) is 24.7 Å². The van der Waals surface area contributed by atoms with E-state index in [2.05, 4.69) is 10.4 Å². The van der Waals surface area contributed by atoms with Crippen LogP contribution in [-0.4, -0.2) is 75.7 Å². The third kappa shape index (κ3) is 6.50. The summed E-state index contributed by atoms with van der Waals surface area (Å²) in [6.07, 6.45) is 1.27. The van der Waals surface area contributed by atoms with Crippen LogP contribution in [0.1, 0.15) is 24.8 Å². The molecule has 1 aliphatic heterocycles. The number of carbonyl (C=O) groups excluding carboxylic acids is 3. The van der Waals surface area contributed by atoms with E-state index in [1.165, 1.54) is 35.4 Å². The highest BCUT2D eigenvalue weighted by Gasteiger charge is 2.45. The summed E-state index contributed by atoms with van der Waals surface area (Å²) in [5.41, 5.74) is 6.96. The number of hydrogen-bond acceptors (Lipinski definition) is 8. The number of nitrogens with zero attached hydrogens (tertiary/aromatic N) is 3. The molecule has 1 saturated heterocycles. The largest absolute Gasteiger partial charge is 0.481 e. The van der Waals surface area contributed by atoms with Gasteiger partial charge in [-0.3, -0.25) is 19.3 Å². The second-order valence-corrected chi connectivity index (χ2v) is 8.57. The van der Waals surface area contributed by atoms with Gasteiger partial charge in [0, 0.05) is 17.9 Å². The van der Waals surface area contributed by atoms with E-state index in [0.717, 1.165) is 0 Å². The van der Waals surface area contributed by atoms with E-state index < -0.39 is 54.2 Å². The molecule has 0 aliphatic carbocycles. The molecule has 0 radical (unpaired) electrons. The minimum atomic E-state index is -2.04. The monoisotopic (exact) mass is 524 g/mol. The van der Waals surface area contributed by atoms with Crippen LogP contribution >= 0.6 is 0 Å². The fourth-order valence-corrected chi connectivity index (χ4v) is 4.23. The fourth-order valence-electron chi connectivity index (χ4n) is 4.23. The molecule has 2 aromatic carbocycles. The smallest absolute Gasteiger partial charge is 0.334 e. The number of nitrogens with one attached hydrogen (secondary N) is 1.